The van der Waals surface area contributed by atoms with Crippen LogP contribution in [0.2, 0.25) is 0 Å². The van der Waals surface area contributed by atoms with Crippen molar-refractivity contribution in [2.24, 2.45) is 0 Å². The summed E-state index contributed by atoms with van der Waals surface area (Å²) in [6, 6.07) is 12.2. The number of rotatable bonds is 4. The molecule has 1 saturated heterocycles. The Labute approximate surface area is 131 Å². The van der Waals surface area contributed by atoms with Gasteiger partial charge in [-0.15, -0.1) is 0 Å². The Hall–Kier alpha value is -1.94. The molecule has 2 unspecified atom stereocenters. The summed E-state index contributed by atoms with van der Waals surface area (Å²) >= 11 is 0. The van der Waals surface area contributed by atoms with Crippen molar-refractivity contribution in [3.8, 4) is 11.3 Å². The Morgan fingerprint density at radius 3 is 2.73 bits per heavy atom. The molecule has 2 aromatic rings. The second kappa shape index (κ2) is 5.69. The van der Waals surface area contributed by atoms with Crippen molar-refractivity contribution in [1.82, 2.24) is 14.9 Å². The van der Waals surface area contributed by atoms with Crippen molar-refractivity contribution in [2.75, 3.05) is 11.9 Å². The lowest BCUT2D eigenvalue weighted by Gasteiger charge is -2.19. The Kier molecular flexibility index (Phi) is 3.54. The third kappa shape index (κ3) is 2.83. The fraction of sp³-hybridized carbons (Fsp3) is 0.444. The summed E-state index contributed by atoms with van der Waals surface area (Å²) in [6.45, 7) is 3.47. The van der Waals surface area contributed by atoms with E-state index >= 15 is 0 Å². The number of likely N-dealkylation sites (tertiary alicyclic amines) is 1. The van der Waals surface area contributed by atoms with Crippen LogP contribution in [0, 0.1) is 0 Å². The van der Waals surface area contributed by atoms with E-state index in [9.17, 15) is 0 Å². The van der Waals surface area contributed by atoms with E-state index in [4.69, 9.17) is 4.98 Å². The first-order chi connectivity index (χ1) is 10.8. The largest absolute Gasteiger partial charge is 0.365 e. The van der Waals surface area contributed by atoms with Crippen LogP contribution in [0.3, 0.4) is 0 Å². The summed E-state index contributed by atoms with van der Waals surface area (Å²) in [5.74, 6) is 0.885. The zero-order valence-electron chi connectivity index (χ0n) is 12.9. The first-order valence-corrected chi connectivity index (χ1v) is 8.19. The molecule has 2 fully saturated rings. The van der Waals surface area contributed by atoms with Gasteiger partial charge in [0.25, 0.3) is 0 Å². The van der Waals surface area contributed by atoms with Gasteiger partial charge in [0.15, 0.2) is 0 Å². The van der Waals surface area contributed by atoms with Crippen LogP contribution in [0.4, 0.5) is 5.82 Å². The van der Waals surface area contributed by atoms with E-state index in [-0.39, 0.29) is 0 Å². The number of nitrogens with one attached hydrogen (secondary N) is 1. The Morgan fingerprint density at radius 2 is 1.95 bits per heavy atom. The van der Waals surface area contributed by atoms with Gasteiger partial charge in [-0.1, -0.05) is 30.3 Å². The van der Waals surface area contributed by atoms with Crippen molar-refractivity contribution in [3.05, 3.63) is 42.7 Å². The lowest BCUT2D eigenvalue weighted by Crippen LogP contribution is -2.31. The van der Waals surface area contributed by atoms with Crippen molar-refractivity contribution < 1.29 is 0 Å². The molecule has 4 nitrogen and oxygen atoms in total. The van der Waals surface area contributed by atoms with E-state index < -0.39 is 0 Å². The number of anilines is 1. The molecule has 1 aromatic heterocycles. The lowest BCUT2D eigenvalue weighted by atomic mass is 10.1. The van der Waals surface area contributed by atoms with E-state index in [1.54, 1.807) is 0 Å². The van der Waals surface area contributed by atoms with Gasteiger partial charge in [-0.2, -0.15) is 0 Å². The minimum Gasteiger partial charge on any atom is -0.365 e. The highest BCUT2D eigenvalue weighted by atomic mass is 15.3. The maximum Gasteiger partial charge on any atom is 0.145 e. The highest BCUT2D eigenvalue weighted by Gasteiger charge is 2.38. The van der Waals surface area contributed by atoms with Gasteiger partial charge in [0, 0.05) is 30.2 Å². The van der Waals surface area contributed by atoms with Crippen LogP contribution in [0.15, 0.2) is 42.7 Å². The predicted molar refractivity (Wildman–Crippen MR) is 88.7 cm³/mol. The van der Waals surface area contributed by atoms with Gasteiger partial charge in [-0.25, -0.2) is 4.98 Å². The van der Waals surface area contributed by atoms with Crippen LogP contribution in [-0.4, -0.2) is 39.5 Å². The maximum absolute atomic E-state index is 4.72. The van der Waals surface area contributed by atoms with E-state index in [0.717, 1.165) is 29.7 Å². The van der Waals surface area contributed by atoms with E-state index in [1.165, 1.54) is 19.3 Å². The quantitative estimate of drug-likeness (QED) is 0.940. The van der Waals surface area contributed by atoms with Crippen LogP contribution in [0.25, 0.3) is 11.3 Å². The summed E-state index contributed by atoms with van der Waals surface area (Å²) in [6.07, 6.45) is 7.60. The number of hydrogen-bond donors (Lipinski definition) is 1. The van der Waals surface area contributed by atoms with Crippen LogP contribution >= 0.6 is 0 Å². The van der Waals surface area contributed by atoms with E-state index in [1.807, 2.05) is 30.6 Å². The molecule has 22 heavy (non-hydrogen) atoms. The molecule has 1 saturated carbocycles. The average molecular weight is 294 g/mol. The fourth-order valence-electron chi connectivity index (χ4n) is 3.47. The molecule has 0 spiro atoms. The van der Waals surface area contributed by atoms with Gasteiger partial charge in [-0.05, 0) is 26.2 Å². The lowest BCUT2D eigenvalue weighted by molar-refractivity contribution is 0.257. The molecule has 2 aliphatic rings. The summed E-state index contributed by atoms with van der Waals surface area (Å²) in [7, 11) is 0. The van der Waals surface area contributed by atoms with Gasteiger partial charge < -0.3 is 5.32 Å². The third-order valence-corrected chi connectivity index (χ3v) is 4.69. The monoisotopic (exact) mass is 294 g/mol. The second-order valence-electron chi connectivity index (χ2n) is 6.51. The van der Waals surface area contributed by atoms with Gasteiger partial charge in [0.05, 0.1) is 18.1 Å². The minimum atomic E-state index is 0.482. The standard InChI is InChI=1S/C18H22N4/c1-13-9-15(12-22(13)16-7-8-16)20-18-11-19-10-17(21-18)14-5-3-2-4-6-14/h2-6,10-11,13,15-16H,7-9,12H2,1H3,(H,20,21). The van der Waals surface area contributed by atoms with Crippen LogP contribution in [-0.2, 0) is 0 Å². The van der Waals surface area contributed by atoms with Crippen LogP contribution in [0.1, 0.15) is 26.2 Å². The minimum absolute atomic E-state index is 0.482. The molecular formula is C18H22N4. The second-order valence-corrected chi connectivity index (χ2v) is 6.51. The van der Waals surface area contributed by atoms with E-state index in [0.29, 0.717) is 12.1 Å². The maximum atomic E-state index is 4.72. The highest BCUT2D eigenvalue weighted by molar-refractivity contribution is 5.59. The van der Waals surface area contributed by atoms with Crippen molar-refractivity contribution in [1.29, 1.82) is 0 Å². The van der Waals surface area contributed by atoms with Crippen molar-refractivity contribution in [3.63, 3.8) is 0 Å². The molecule has 4 heteroatoms. The first kappa shape index (κ1) is 13.7. The molecule has 1 N–H and O–H groups in total. The molecule has 1 aliphatic heterocycles. The zero-order chi connectivity index (χ0) is 14.9. The third-order valence-electron chi connectivity index (χ3n) is 4.69. The number of benzene rings is 1. The van der Waals surface area contributed by atoms with Crippen LogP contribution in [0.5, 0.6) is 0 Å². The highest BCUT2D eigenvalue weighted by Crippen LogP contribution is 2.34. The molecule has 2 atom stereocenters. The molecule has 2 heterocycles. The fourth-order valence-corrected chi connectivity index (χ4v) is 3.47. The molecule has 4 rings (SSSR count). The van der Waals surface area contributed by atoms with Gasteiger partial charge in [0.2, 0.25) is 0 Å². The summed E-state index contributed by atoms with van der Waals surface area (Å²) < 4.78 is 0. The number of hydrogen-bond acceptors (Lipinski definition) is 4. The SMILES string of the molecule is CC1CC(Nc2cncc(-c3ccccc3)n2)CN1C1CC1. The normalized spacial score (nSPS) is 25.3. The predicted octanol–water partition coefficient (Wildman–Crippen LogP) is 3.18. The van der Waals surface area contributed by atoms with Gasteiger partial charge in [0.1, 0.15) is 5.82 Å². The van der Waals surface area contributed by atoms with Crippen molar-refractivity contribution in [2.45, 2.75) is 44.3 Å². The average Bonchev–Trinajstić information content (AvgIpc) is 3.33. The molecule has 1 aliphatic carbocycles. The smallest absolute Gasteiger partial charge is 0.145 e. The first-order valence-electron chi connectivity index (χ1n) is 8.19. The Bertz CT molecular complexity index is 639. The molecule has 0 amide bonds. The van der Waals surface area contributed by atoms with Crippen LogP contribution < -0.4 is 5.32 Å². The summed E-state index contributed by atoms with van der Waals surface area (Å²) in [4.78, 5) is 11.7. The molecular weight excluding hydrogens is 272 g/mol. The van der Waals surface area contributed by atoms with E-state index in [2.05, 4.69) is 34.3 Å². The number of nitrogens with zero attached hydrogens (tertiary/aromatic N) is 3. The molecule has 0 bridgehead atoms. The molecule has 0 radical (unpaired) electrons. The zero-order valence-corrected chi connectivity index (χ0v) is 12.9. The summed E-state index contributed by atoms with van der Waals surface area (Å²) in [5, 5.41) is 3.58. The number of aromatic nitrogens is 2. The topological polar surface area (TPSA) is 41.1 Å². The van der Waals surface area contributed by atoms with Gasteiger partial charge in [-0.3, -0.25) is 9.88 Å². The van der Waals surface area contributed by atoms with Gasteiger partial charge >= 0.3 is 0 Å². The molecule has 114 valence electrons. The molecule has 1 aromatic carbocycles. The van der Waals surface area contributed by atoms with Crippen molar-refractivity contribution >= 4 is 5.82 Å². The Balaban J connectivity index is 1.47. The Morgan fingerprint density at radius 1 is 1.14 bits per heavy atom. The summed E-state index contributed by atoms with van der Waals surface area (Å²) in [5.41, 5.74) is 2.04.